The van der Waals surface area contributed by atoms with Crippen LogP contribution in [0.2, 0.25) is 0 Å². The van der Waals surface area contributed by atoms with Gasteiger partial charge in [-0.05, 0) is 0 Å². The van der Waals surface area contributed by atoms with Gasteiger partial charge in [-0.25, -0.2) is 23.8 Å². The van der Waals surface area contributed by atoms with Gasteiger partial charge >= 0.3 is 0 Å². The van der Waals surface area contributed by atoms with Crippen LogP contribution in [0.1, 0.15) is 5.69 Å². The van der Waals surface area contributed by atoms with Gasteiger partial charge in [0, 0.05) is 0 Å². The van der Waals surface area contributed by atoms with Crippen LogP contribution in [0.3, 0.4) is 0 Å². The van der Waals surface area contributed by atoms with Crippen molar-refractivity contribution in [3.05, 3.63) is 23.0 Å². The molecule has 0 aromatic carbocycles. The maximum atomic E-state index is 12.1. The van der Waals surface area contributed by atoms with Crippen molar-refractivity contribution in [2.24, 2.45) is 10.4 Å². The van der Waals surface area contributed by atoms with Gasteiger partial charge in [0.1, 0.15) is 12.2 Å². The first kappa shape index (κ1) is 13.2. The van der Waals surface area contributed by atoms with Crippen LogP contribution in [0, 0.1) is 4.91 Å². The van der Waals surface area contributed by atoms with Crippen LogP contribution >= 0.6 is 11.6 Å². The second-order valence-corrected chi connectivity index (χ2v) is 3.06. The number of nitrogens with zero attached hydrogens (tertiary/aromatic N) is 5. The Balaban J connectivity index is 2.89. The number of rotatable bonds is 5. The quantitative estimate of drug-likeness (QED) is 0.378. The number of hydrogen-bond donors (Lipinski definition) is 1. The van der Waals surface area contributed by atoms with Gasteiger partial charge in [-0.2, -0.15) is 0 Å². The number of oxime groups is 1. The molecule has 1 aromatic heterocycles. The van der Waals surface area contributed by atoms with Crippen molar-refractivity contribution in [1.82, 2.24) is 9.97 Å². The molecule has 0 spiro atoms. The van der Waals surface area contributed by atoms with Crippen molar-refractivity contribution < 1.29 is 14.0 Å². The number of halogens is 3. The van der Waals surface area contributed by atoms with E-state index in [4.69, 9.17) is 16.8 Å². The molecule has 0 saturated carbocycles. The summed E-state index contributed by atoms with van der Waals surface area (Å²) in [5.74, 6) is -0.161. The lowest BCUT2D eigenvalue weighted by atomic mass is 10.5. The molecule has 1 aromatic rings. The molecule has 1 N–H and O–H groups in total. The topological polar surface area (TPSA) is 91.0 Å². The smallest absolute Gasteiger partial charge is 0.258 e. The Hall–Kier alpha value is -1.90. The summed E-state index contributed by atoms with van der Waals surface area (Å²) in [7, 11) is 0. The van der Waals surface area contributed by atoms with Gasteiger partial charge in [0.25, 0.3) is 6.43 Å². The Morgan fingerprint density at radius 2 is 2.24 bits per heavy atom. The van der Waals surface area contributed by atoms with Crippen molar-refractivity contribution in [2.75, 3.05) is 11.6 Å². The molecule has 92 valence electrons. The summed E-state index contributed by atoms with van der Waals surface area (Å²) in [6.07, 6.45) is -0.676. The summed E-state index contributed by atoms with van der Waals surface area (Å²) >= 11 is 5.42. The van der Waals surface area contributed by atoms with Gasteiger partial charge in [0.2, 0.25) is 0 Å². The highest BCUT2D eigenvalue weighted by Crippen LogP contribution is 2.12. The van der Waals surface area contributed by atoms with Crippen LogP contribution < -0.4 is 5.01 Å². The largest absolute Gasteiger partial charge is 0.410 e. The minimum absolute atomic E-state index is 0.0285. The van der Waals surface area contributed by atoms with E-state index in [0.717, 1.165) is 12.4 Å². The van der Waals surface area contributed by atoms with Crippen LogP contribution in [0.5, 0.6) is 0 Å². The molecule has 0 radical (unpaired) electrons. The van der Waals surface area contributed by atoms with Crippen LogP contribution in [-0.2, 0) is 0 Å². The highest BCUT2D eigenvalue weighted by atomic mass is 35.5. The molecule has 1 rings (SSSR count). The summed E-state index contributed by atoms with van der Waals surface area (Å²) in [5.41, 5.74) is 0.0285. The standard InChI is InChI=1S/C7H6ClF2N5O2/c8-7(13-16)4-1-12-6(2-11-4)15(14-17)3-5(9)10/h1-2,5,16H,3H2/b13-7+. The molecule has 0 aliphatic carbocycles. The summed E-state index contributed by atoms with van der Waals surface area (Å²) in [6, 6.07) is 0. The Labute approximate surface area is 98.7 Å². The molecule has 0 saturated heterocycles. The first-order valence-corrected chi connectivity index (χ1v) is 4.55. The lowest BCUT2D eigenvalue weighted by molar-refractivity contribution is 0.154. The summed E-state index contributed by atoms with van der Waals surface area (Å²) in [4.78, 5) is 17.6. The first-order valence-electron chi connectivity index (χ1n) is 4.17. The van der Waals surface area contributed by atoms with E-state index in [0.29, 0.717) is 5.01 Å². The normalized spacial score (nSPS) is 11.6. The van der Waals surface area contributed by atoms with E-state index in [1.54, 1.807) is 0 Å². The molecule has 0 aliphatic heterocycles. The minimum Gasteiger partial charge on any atom is -0.410 e. The van der Waals surface area contributed by atoms with Gasteiger partial charge in [-0.1, -0.05) is 16.8 Å². The van der Waals surface area contributed by atoms with Crippen molar-refractivity contribution >= 4 is 22.6 Å². The highest BCUT2D eigenvalue weighted by Gasteiger charge is 2.15. The minimum atomic E-state index is -2.74. The number of aromatic nitrogens is 2. The third-order valence-corrected chi connectivity index (χ3v) is 1.88. The van der Waals surface area contributed by atoms with Gasteiger partial charge in [0.05, 0.1) is 17.7 Å². The Bertz CT molecular complexity index is 413. The van der Waals surface area contributed by atoms with Crippen molar-refractivity contribution in [2.45, 2.75) is 6.43 Å². The summed E-state index contributed by atoms with van der Waals surface area (Å²) in [5, 5.41) is 13.5. The number of alkyl halides is 2. The molecule has 0 aliphatic rings. The summed E-state index contributed by atoms with van der Waals surface area (Å²) < 4.78 is 24.1. The predicted molar refractivity (Wildman–Crippen MR) is 55.4 cm³/mol. The second kappa shape index (κ2) is 5.99. The first-order chi connectivity index (χ1) is 8.08. The predicted octanol–water partition coefficient (Wildman–Crippen LogP) is 1.60. The SMILES string of the molecule is O=NN(CC(F)F)c1cnc(/C(Cl)=N\O)cn1. The molecule has 17 heavy (non-hydrogen) atoms. The van der Waals surface area contributed by atoms with Gasteiger partial charge < -0.3 is 5.21 Å². The van der Waals surface area contributed by atoms with E-state index in [9.17, 15) is 13.7 Å². The van der Waals surface area contributed by atoms with Gasteiger partial charge in [-0.15, -0.1) is 4.91 Å². The van der Waals surface area contributed by atoms with E-state index < -0.39 is 13.0 Å². The molecule has 0 fully saturated rings. The average molecular weight is 266 g/mol. The molecule has 1 heterocycles. The van der Waals surface area contributed by atoms with E-state index in [-0.39, 0.29) is 16.7 Å². The molecule has 0 bridgehead atoms. The van der Waals surface area contributed by atoms with Crippen LogP contribution in [0.15, 0.2) is 22.8 Å². The molecular weight excluding hydrogens is 260 g/mol. The lowest BCUT2D eigenvalue weighted by Crippen LogP contribution is -2.23. The van der Waals surface area contributed by atoms with Gasteiger partial charge in [-0.3, -0.25) is 0 Å². The maximum absolute atomic E-state index is 12.1. The Kier molecular flexibility index (Phi) is 4.64. The zero-order chi connectivity index (χ0) is 12.8. The maximum Gasteiger partial charge on any atom is 0.258 e. The van der Waals surface area contributed by atoms with Gasteiger partial charge in [0.15, 0.2) is 11.0 Å². The molecular formula is C7H6ClF2N5O2. The van der Waals surface area contributed by atoms with Crippen molar-refractivity contribution in [1.29, 1.82) is 0 Å². The third-order valence-electron chi connectivity index (χ3n) is 1.61. The molecule has 0 atom stereocenters. The summed E-state index contributed by atoms with van der Waals surface area (Å²) in [6.45, 7) is -0.890. The number of nitroso groups, excluding NO2 is 1. The van der Waals surface area contributed by atoms with Crippen LogP contribution in [0.25, 0.3) is 0 Å². The van der Waals surface area contributed by atoms with Crippen molar-refractivity contribution in [3.8, 4) is 0 Å². The van der Waals surface area contributed by atoms with E-state index in [1.807, 2.05) is 0 Å². The fourth-order valence-electron chi connectivity index (χ4n) is 0.912. The number of hydrogen-bond acceptors (Lipinski definition) is 6. The van der Waals surface area contributed by atoms with Crippen LogP contribution in [0.4, 0.5) is 14.6 Å². The van der Waals surface area contributed by atoms with E-state index in [2.05, 4.69) is 20.4 Å². The fraction of sp³-hybridized carbons (Fsp3) is 0.286. The zero-order valence-electron chi connectivity index (χ0n) is 8.16. The molecule has 7 nitrogen and oxygen atoms in total. The zero-order valence-corrected chi connectivity index (χ0v) is 8.92. The van der Waals surface area contributed by atoms with Crippen LogP contribution in [-0.4, -0.2) is 33.3 Å². The Morgan fingerprint density at radius 1 is 1.53 bits per heavy atom. The molecule has 0 unspecified atom stereocenters. The second-order valence-electron chi connectivity index (χ2n) is 2.71. The van der Waals surface area contributed by atoms with E-state index >= 15 is 0 Å². The molecule has 0 amide bonds. The monoisotopic (exact) mass is 265 g/mol. The fourth-order valence-corrected chi connectivity index (χ4v) is 1.01. The van der Waals surface area contributed by atoms with E-state index in [1.165, 1.54) is 0 Å². The Morgan fingerprint density at radius 3 is 2.65 bits per heavy atom. The molecule has 10 heteroatoms. The lowest BCUT2D eigenvalue weighted by Gasteiger charge is -2.12. The highest BCUT2D eigenvalue weighted by molar-refractivity contribution is 6.69. The third kappa shape index (κ3) is 3.55. The average Bonchev–Trinajstić information content (AvgIpc) is 2.35. The number of anilines is 1. The van der Waals surface area contributed by atoms with Crippen molar-refractivity contribution in [3.63, 3.8) is 0 Å².